The Hall–Kier alpha value is -3.42. The highest BCUT2D eigenvalue weighted by Crippen LogP contribution is 2.25. The van der Waals surface area contributed by atoms with Crippen molar-refractivity contribution in [2.45, 2.75) is 52.4 Å². The summed E-state index contributed by atoms with van der Waals surface area (Å²) >= 11 is 0. The normalized spacial score (nSPS) is 16.0. The fourth-order valence-electron chi connectivity index (χ4n) is 3.81. The summed E-state index contributed by atoms with van der Waals surface area (Å²) in [6.07, 6.45) is -0.261. The number of carbonyl (C=O) groups is 2. The summed E-state index contributed by atoms with van der Waals surface area (Å²) in [7, 11) is 1.61. The van der Waals surface area contributed by atoms with Crippen LogP contribution in [0.5, 0.6) is 11.5 Å². The predicted molar refractivity (Wildman–Crippen MR) is 133 cm³/mol. The maximum Gasteiger partial charge on any atom is 0.410 e. The second-order valence-electron chi connectivity index (χ2n) is 9.58. The molecule has 1 heterocycles. The van der Waals surface area contributed by atoms with Gasteiger partial charge in [-0.3, -0.25) is 0 Å². The molecule has 0 aliphatic carbocycles. The Labute approximate surface area is 207 Å². The van der Waals surface area contributed by atoms with E-state index in [9.17, 15) is 9.59 Å². The number of ether oxygens (including phenoxy) is 4. The van der Waals surface area contributed by atoms with Crippen LogP contribution in [0.4, 0.5) is 9.59 Å². The number of hydrogen-bond donors (Lipinski definition) is 0. The molecular formula is C27H36N2O6. The highest BCUT2D eigenvalue weighted by Gasteiger charge is 2.35. The van der Waals surface area contributed by atoms with Gasteiger partial charge in [0.15, 0.2) is 0 Å². The molecule has 1 atom stereocenters. The van der Waals surface area contributed by atoms with Gasteiger partial charge in [0.25, 0.3) is 0 Å². The van der Waals surface area contributed by atoms with Crippen LogP contribution in [0.15, 0.2) is 48.5 Å². The van der Waals surface area contributed by atoms with E-state index in [-0.39, 0.29) is 12.6 Å². The first-order chi connectivity index (χ1) is 16.7. The molecule has 2 amide bonds. The molecule has 1 unspecified atom stereocenters. The quantitative estimate of drug-likeness (QED) is 0.549. The summed E-state index contributed by atoms with van der Waals surface area (Å²) in [5, 5.41) is 0. The van der Waals surface area contributed by atoms with E-state index in [1.807, 2.05) is 76.2 Å². The van der Waals surface area contributed by atoms with Gasteiger partial charge in [0.2, 0.25) is 0 Å². The summed E-state index contributed by atoms with van der Waals surface area (Å²) in [5.74, 6) is 1.44. The number of carbonyl (C=O) groups excluding carboxylic acids is 2. The molecule has 1 saturated heterocycles. The molecule has 0 bridgehead atoms. The van der Waals surface area contributed by atoms with E-state index in [0.29, 0.717) is 38.4 Å². The van der Waals surface area contributed by atoms with Crippen LogP contribution in [0.25, 0.3) is 0 Å². The topological polar surface area (TPSA) is 77.5 Å². The van der Waals surface area contributed by atoms with Crippen molar-refractivity contribution in [1.29, 1.82) is 0 Å². The zero-order chi connectivity index (χ0) is 25.4. The van der Waals surface area contributed by atoms with Crippen molar-refractivity contribution in [2.75, 3.05) is 33.4 Å². The van der Waals surface area contributed by atoms with Gasteiger partial charge in [-0.05, 0) is 44.9 Å². The van der Waals surface area contributed by atoms with E-state index in [2.05, 4.69) is 0 Å². The zero-order valence-corrected chi connectivity index (χ0v) is 21.3. The zero-order valence-electron chi connectivity index (χ0n) is 21.3. The summed E-state index contributed by atoms with van der Waals surface area (Å²) in [6.45, 7) is 9.13. The number of piperazine rings is 1. The van der Waals surface area contributed by atoms with Crippen LogP contribution in [0.1, 0.15) is 38.3 Å². The summed E-state index contributed by atoms with van der Waals surface area (Å²) < 4.78 is 22.4. The SMILES string of the molecule is COc1ccc(C)c(OCCC2CN(C(=O)OCc3ccccc3)CCN2C(=O)OC(C)(C)C)c1. The van der Waals surface area contributed by atoms with Crippen LogP contribution in [-0.4, -0.2) is 67.0 Å². The van der Waals surface area contributed by atoms with E-state index >= 15 is 0 Å². The Bertz CT molecular complexity index is 989. The molecule has 1 aliphatic heterocycles. The van der Waals surface area contributed by atoms with Gasteiger partial charge in [-0.1, -0.05) is 36.4 Å². The third-order valence-corrected chi connectivity index (χ3v) is 5.68. The largest absolute Gasteiger partial charge is 0.497 e. The molecule has 8 nitrogen and oxygen atoms in total. The maximum absolute atomic E-state index is 12.9. The van der Waals surface area contributed by atoms with E-state index in [4.69, 9.17) is 18.9 Å². The van der Waals surface area contributed by atoms with Gasteiger partial charge >= 0.3 is 12.2 Å². The molecule has 2 aromatic carbocycles. The van der Waals surface area contributed by atoms with E-state index in [0.717, 1.165) is 16.9 Å². The molecule has 3 rings (SSSR count). The fourth-order valence-corrected chi connectivity index (χ4v) is 3.81. The van der Waals surface area contributed by atoms with Crippen LogP contribution in [0.2, 0.25) is 0 Å². The highest BCUT2D eigenvalue weighted by molar-refractivity contribution is 5.71. The van der Waals surface area contributed by atoms with Gasteiger partial charge in [-0.2, -0.15) is 0 Å². The van der Waals surface area contributed by atoms with Crippen molar-refractivity contribution in [3.8, 4) is 11.5 Å². The number of aryl methyl sites for hydroxylation is 1. The molecule has 0 saturated carbocycles. The van der Waals surface area contributed by atoms with Crippen molar-refractivity contribution in [3.63, 3.8) is 0 Å². The van der Waals surface area contributed by atoms with Crippen LogP contribution >= 0.6 is 0 Å². The van der Waals surface area contributed by atoms with Gasteiger partial charge < -0.3 is 28.7 Å². The third-order valence-electron chi connectivity index (χ3n) is 5.68. The van der Waals surface area contributed by atoms with Crippen LogP contribution < -0.4 is 9.47 Å². The molecule has 1 fully saturated rings. The molecule has 0 aromatic heterocycles. The minimum Gasteiger partial charge on any atom is -0.497 e. The van der Waals surface area contributed by atoms with Crippen LogP contribution in [0.3, 0.4) is 0 Å². The molecule has 190 valence electrons. The minimum atomic E-state index is -0.610. The lowest BCUT2D eigenvalue weighted by Gasteiger charge is -2.41. The summed E-state index contributed by atoms with van der Waals surface area (Å²) in [5.41, 5.74) is 1.30. The fraction of sp³-hybridized carbons (Fsp3) is 0.481. The Morgan fingerprint density at radius 1 is 1.03 bits per heavy atom. The number of nitrogens with zero attached hydrogens (tertiary/aromatic N) is 2. The van der Waals surface area contributed by atoms with Crippen molar-refractivity contribution in [1.82, 2.24) is 9.80 Å². The first-order valence-electron chi connectivity index (χ1n) is 11.9. The first kappa shape index (κ1) is 26.2. The molecule has 8 heteroatoms. The van der Waals surface area contributed by atoms with Crippen molar-refractivity contribution in [2.24, 2.45) is 0 Å². The Kier molecular flexibility index (Phi) is 8.84. The average molecular weight is 485 g/mol. The summed E-state index contributed by atoms with van der Waals surface area (Å²) in [6, 6.07) is 14.9. The molecule has 1 aliphatic rings. The lowest BCUT2D eigenvalue weighted by molar-refractivity contribution is -0.00615. The molecule has 35 heavy (non-hydrogen) atoms. The first-order valence-corrected chi connectivity index (χ1v) is 11.9. The molecule has 0 spiro atoms. The minimum absolute atomic E-state index is 0.203. The summed E-state index contributed by atoms with van der Waals surface area (Å²) in [4.78, 5) is 29.0. The predicted octanol–water partition coefficient (Wildman–Crippen LogP) is 5.03. The van der Waals surface area contributed by atoms with Gasteiger partial charge in [-0.25, -0.2) is 9.59 Å². The average Bonchev–Trinajstić information content (AvgIpc) is 2.83. The second kappa shape index (κ2) is 11.8. The van der Waals surface area contributed by atoms with Gasteiger partial charge in [-0.15, -0.1) is 0 Å². The van der Waals surface area contributed by atoms with Gasteiger partial charge in [0.05, 0.1) is 19.8 Å². The second-order valence-corrected chi connectivity index (χ2v) is 9.58. The molecule has 0 radical (unpaired) electrons. The number of amides is 2. The Morgan fingerprint density at radius 2 is 1.77 bits per heavy atom. The molecular weight excluding hydrogens is 448 g/mol. The monoisotopic (exact) mass is 484 g/mol. The number of rotatable bonds is 7. The lowest BCUT2D eigenvalue weighted by atomic mass is 10.1. The van der Waals surface area contributed by atoms with E-state index in [1.165, 1.54) is 0 Å². The standard InChI is InChI=1S/C27H36N2O6/c1-20-11-12-23(32-5)17-24(20)33-16-13-22-18-28(14-15-29(22)26(31)35-27(2,3)4)25(30)34-19-21-9-7-6-8-10-21/h6-12,17,22H,13-16,18-19H2,1-5H3. The number of benzene rings is 2. The smallest absolute Gasteiger partial charge is 0.410 e. The third kappa shape index (κ3) is 7.80. The number of hydrogen-bond acceptors (Lipinski definition) is 6. The maximum atomic E-state index is 12.9. The van der Waals surface area contributed by atoms with Crippen LogP contribution in [-0.2, 0) is 16.1 Å². The van der Waals surface area contributed by atoms with Crippen LogP contribution in [0, 0.1) is 6.92 Å². The van der Waals surface area contributed by atoms with Crippen molar-refractivity contribution in [3.05, 3.63) is 59.7 Å². The molecule has 2 aromatic rings. The Morgan fingerprint density at radius 3 is 2.46 bits per heavy atom. The van der Waals surface area contributed by atoms with E-state index in [1.54, 1.807) is 16.9 Å². The van der Waals surface area contributed by atoms with E-state index < -0.39 is 17.8 Å². The van der Waals surface area contributed by atoms with Gasteiger partial charge in [0.1, 0.15) is 23.7 Å². The van der Waals surface area contributed by atoms with Gasteiger partial charge in [0, 0.05) is 32.1 Å². The highest BCUT2D eigenvalue weighted by atomic mass is 16.6. The number of methoxy groups -OCH3 is 1. The molecule has 0 N–H and O–H groups in total. The van der Waals surface area contributed by atoms with Crippen molar-refractivity contribution >= 4 is 12.2 Å². The Balaban J connectivity index is 1.64. The van der Waals surface area contributed by atoms with Crippen molar-refractivity contribution < 1.29 is 28.5 Å². The lowest BCUT2D eigenvalue weighted by Crippen LogP contribution is -2.57.